The van der Waals surface area contributed by atoms with E-state index in [1.54, 1.807) is 0 Å². The monoisotopic (exact) mass is 812 g/mol. The molecule has 12 N–H and O–H groups in total. The lowest BCUT2D eigenvalue weighted by atomic mass is 9.69. The molecule has 0 amide bonds. The van der Waals surface area contributed by atoms with Gasteiger partial charge in [0.05, 0.1) is 5.41 Å². The first-order chi connectivity index (χ1) is 29.1. The Morgan fingerprint density at radius 3 is 0.574 bits per heavy atom. The van der Waals surface area contributed by atoms with E-state index < -0.39 is 74.4 Å². The molecule has 0 saturated heterocycles. The summed E-state index contributed by atoms with van der Waals surface area (Å²) in [6.07, 6.45) is 0. The summed E-state index contributed by atoms with van der Waals surface area (Å²) in [6, 6.07) is 33.1. The predicted molar refractivity (Wildman–Crippen MR) is 224 cm³/mol. The van der Waals surface area contributed by atoms with E-state index in [1.807, 2.05) is 72.8 Å². The van der Waals surface area contributed by atoms with E-state index in [2.05, 4.69) is 0 Å². The molecule has 8 aromatic carbocycles. The number of hydrogen-bond donors (Lipinski definition) is 12. The zero-order chi connectivity index (χ0) is 42.8. The highest BCUT2D eigenvalue weighted by molar-refractivity contribution is 5.99. The van der Waals surface area contributed by atoms with Gasteiger partial charge in [0.1, 0.15) is 0 Å². The van der Waals surface area contributed by atoms with Crippen molar-refractivity contribution in [1.82, 2.24) is 0 Å². The predicted octanol–water partition coefficient (Wildman–Crippen LogP) is 9.17. The summed E-state index contributed by atoms with van der Waals surface area (Å²) in [4.78, 5) is 0. The zero-order valence-corrected chi connectivity index (χ0v) is 31.4. The van der Waals surface area contributed by atoms with Gasteiger partial charge in [-0.25, -0.2) is 0 Å². The molecule has 8 aromatic rings. The third-order valence-electron chi connectivity index (χ3n) is 11.9. The highest BCUT2D eigenvalue weighted by Gasteiger charge is 2.52. The Bertz CT molecular complexity index is 2720. The molecule has 0 heterocycles. The van der Waals surface area contributed by atoms with Crippen LogP contribution in [0.1, 0.15) is 22.3 Å². The number of benzene rings is 8. The average molecular weight is 813 g/mol. The van der Waals surface area contributed by atoms with Crippen LogP contribution < -0.4 is 0 Å². The van der Waals surface area contributed by atoms with Crippen molar-refractivity contribution in [2.75, 3.05) is 0 Å². The Hall–Kier alpha value is -8.64. The van der Waals surface area contributed by atoms with Crippen LogP contribution in [0.15, 0.2) is 121 Å². The van der Waals surface area contributed by atoms with Crippen molar-refractivity contribution >= 4 is 0 Å². The molecule has 61 heavy (non-hydrogen) atoms. The number of phenolic OH excluding ortho intramolecular Hbond substituents is 12. The molecule has 0 aliphatic heterocycles. The van der Waals surface area contributed by atoms with E-state index in [9.17, 15) is 61.3 Å². The third-order valence-corrected chi connectivity index (χ3v) is 11.9. The molecule has 12 heteroatoms. The van der Waals surface area contributed by atoms with Gasteiger partial charge in [0, 0.05) is 0 Å². The first kappa shape index (κ1) is 36.7. The SMILES string of the molecule is Oc1cc(-c2ccc3c(c2)C2(c4cc(-c5cc(O)c(O)c(O)c5)ccc4-3)c3cc(-c4cc(O)c(O)c(O)c4)ccc3-c3ccc(-c4cc(O)c(O)c(O)c4)cc32)cc(O)c1O. The molecule has 0 radical (unpaired) electrons. The molecular formula is C49H32O12. The van der Waals surface area contributed by atoms with Gasteiger partial charge in [0.15, 0.2) is 69.0 Å². The number of hydrogen-bond acceptors (Lipinski definition) is 12. The van der Waals surface area contributed by atoms with Crippen LogP contribution in [0.5, 0.6) is 69.0 Å². The van der Waals surface area contributed by atoms with Gasteiger partial charge in [0.25, 0.3) is 0 Å². The molecule has 0 unspecified atom stereocenters. The molecule has 12 nitrogen and oxygen atoms in total. The lowest BCUT2D eigenvalue weighted by Crippen LogP contribution is -2.26. The fourth-order valence-corrected chi connectivity index (χ4v) is 9.03. The Morgan fingerprint density at radius 2 is 0.393 bits per heavy atom. The summed E-state index contributed by atoms with van der Waals surface area (Å²) >= 11 is 0. The smallest absolute Gasteiger partial charge is 0.200 e. The van der Waals surface area contributed by atoms with E-state index >= 15 is 0 Å². The van der Waals surface area contributed by atoms with Crippen molar-refractivity contribution in [1.29, 1.82) is 0 Å². The summed E-state index contributed by atoms with van der Waals surface area (Å²) in [5.41, 5.74) is 8.48. The van der Waals surface area contributed by atoms with E-state index in [0.717, 1.165) is 44.5 Å². The largest absolute Gasteiger partial charge is 0.504 e. The van der Waals surface area contributed by atoms with Gasteiger partial charge in [-0.1, -0.05) is 48.5 Å². The van der Waals surface area contributed by atoms with Gasteiger partial charge in [-0.3, -0.25) is 0 Å². The summed E-state index contributed by atoms with van der Waals surface area (Å²) in [7, 11) is 0. The number of phenols is 12. The van der Waals surface area contributed by atoms with E-state index in [1.165, 1.54) is 48.5 Å². The van der Waals surface area contributed by atoms with Crippen molar-refractivity contribution in [2.45, 2.75) is 5.41 Å². The molecule has 2 aliphatic carbocycles. The van der Waals surface area contributed by atoms with E-state index in [-0.39, 0.29) is 0 Å². The van der Waals surface area contributed by atoms with Gasteiger partial charge in [-0.2, -0.15) is 0 Å². The fourth-order valence-electron chi connectivity index (χ4n) is 9.03. The molecule has 1 spiro atoms. The van der Waals surface area contributed by atoms with E-state index in [0.29, 0.717) is 44.5 Å². The first-order valence-corrected chi connectivity index (χ1v) is 18.8. The van der Waals surface area contributed by atoms with Gasteiger partial charge in [0.2, 0.25) is 0 Å². The molecule has 0 aromatic heterocycles. The molecule has 0 saturated carbocycles. The van der Waals surface area contributed by atoms with Crippen LogP contribution in [0, 0.1) is 0 Å². The van der Waals surface area contributed by atoms with Crippen molar-refractivity contribution in [3.63, 3.8) is 0 Å². The third kappa shape index (κ3) is 5.18. The lowest BCUT2D eigenvalue weighted by molar-refractivity contribution is 0.368. The summed E-state index contributed by atoms with van der Waals surface area (Å²) < 4.78 is 0. The van der Waals surface area contributed by atoms with Crippen molar-refractivity contribution < 1.29 is 61.3 Å². The minimum absolute atomic E-state index is 0.378. The van der Waals surface area contributed by atoms with Crippen LogP contribution in [0.3, 0.4) is 0 Å². The average Bonchev–Trinajstić information content (AvgIpc) is 3.70. The second-order valence-corrected chi connectivity index (χ2v) is 15.2. The molecule has 0 atom stereocenters. The van der Waals surface area contributed by atoms with Gasteiger partial charge in [-0.15, -0.1) is 0 Å². The zero-order valence-electron chi connectivity index (χ0n) is 31.4. The highest BCUT2D eigenvalue weighted by atomic mass is 16.3. The van der Waals surface area contributed by atoms with Crippen molar-refractivity contribution in [3.8, 4) is 136 Å². The number of aromatic hydroxyl groups is 12. The number of rotatable bonds is 4. The Morgan fingerprint density at radius 1 is 0.213 bits per heavy atom. The first-order valence-electron chi connectivity index (χ1n) is 18.8. The molecule has 10 rings (SSSR count). The summed E-state index contributed by atoms with van der Waals surface area (Å²) in [5.74, 6) is -7.00. The van der Waals surface area contributed by atoms with Gasteiger partial charge >= 0.3 is 0 Å². The summed E-state index contributed by atoms with van der Waals surface area (Å²) in [6.45, 7) is 0. The van der Waals surface area contributed by atoms with Crippen LogP contribution >= 0.6 is 0 Å². The lowest BCUT2D eigenvalue weighted by Gasteiger charge is -2.32. The van der Waals surface area contributed by atoms with Gasteiger partial charge in [-0.05, 0) is 162 Å². The van der Waals surface area contributed by atoms with Gasteiger partial charge < -0.3 is 61.3 Å². The fraction of sp³-hybridized carbons (Fsp3) is 0.0204. The maximum atomic E-state index is 10.6. The minimum atomic E-state index is -1.25. The second-order valence-electron chi connectivity index (χ2n) is 15.2. The van der Waals surface area contributed by atoms with Crippen LogP contribution in [0.2, 0.25) is 0 Å². The normalized spacial score (nSPS) is 12.9. The second kappa shape index (κ2) is 12.7. The Labute approximate surface area is 345 Å². The molecular weight excluding hydrogens is 781 g/mol. The minimum Gasteiger partial charge on any atom is -0.504 e. The highest BCUT2D eigenvalue weighted by Crippen LogP contribution is 2.65. The topological polar surface area (TPSA) is 243 Å². The molecule has 300 valence electrons. The molecule has 0 fully saturated rings. The standard InChI is InChI=1S/C49H32O12/c50-37-13-25(14-38(51)45(37)58)21-1-5-29-30-6-2-22(26-15-39(52)46(59)40(53)16-26)10-34(30)49(33(29)9-21)35-11-23(27-17-41(54)47(60)42(55)18-27)3-7-31(35)32-8-4-24(12-36(32)49)28-19-43(56)48(61)44(57)20-28/h1-20,50-61H. The van der Waals surface area contributed by atoms with Crippen LogP contribution in [0.25, 0.3) is 66.8 Å². The van der Waals surface area contributed by atoms with Crippen molar-refractivity contribution in [2.24, 2.45) is 0 Å². The van der Waals surface area contributed by atoms with Crippen LogP contribution in [-0.2, 0) is 5.41 Å². The maximum absolute atomic E-state index is 10.6. The molecule has 2 aliphatic rings. The Balaban J connectivity index is 1.33. The number of fused-ring (bicyclic) bond motifs is 10. The maximum Gasteiger partial charge on any atom is 0.200 e. The van der Waals surface area contributed by atoms with E-state index in [4.69, 9.17) is 0 Å². The van der Waals surface area contributed by atoms with Crippen molar-refractivity contribution in [3.05, 3.63) is 144 Å². The molecule has 0 bridgehead atoms. The summed E-state index contributed by atoms with van der Waals surface area (Å²) in [5, 5.41) is 125. The van der Waals surface area contributed by atoms with Crippen LogP contribution in [0.4, 0.5) is 0 Å². The Kier molecular flexibility index (Phi) is 7.62. The van der Waals surface area contributed by atoms with Crippen LogP contribution in [-0.4, -0.2) is 61.3 Å². The quantitative estimate of drug-likeness (QED) is 0.0745.